The zero-order valence-electron chi connectivity index (χ0n) is 13.6. The largest absolute Gasteiger partial charge is 0.497 e. The number of nitrogens with zero attached hydrogens (tertiary/aromatic N) is 4. The fourth-order valence-electron chi connectivity index (χ4n) is 2.90. The Bertz CT molecular complexity index is 877. The monoisotopic (exact) mass is 336 g/mol. The van der Waals surface area contributed by atoms with Crippen molar-refractivity contribution in [3.63, 3.8) is 0 Å². The van der Waals surface area contributed by atoms with Gasteiger partial charge in [0.1, 0.15) is 5.75 Å². The van der Waals surface area contributed by atoms with Crippen molar-refractivity contribution in [3.8, 4) is 17.1 Å². The van der Waals surface area contributed by atoms with E-state index in [4.69, 9.17) is 9.26 Å². The maximum Gasteiger partial charge on any atom is 0.232 e. The van der Waals surface area contributed by atoms with Crippen LogP contribution in [0.1, 0.15) is 18.2 Å². The lowest BCUT2D eigenvalue weighted by atomic mass is 10.1. The molecule has 4 rings (SSSR count). The molecule has 3 aromatic rings. The molecule has 0 saturated carbocycles. The summed E-state index contributed by atoms with van der Waals surface area (Å²) in [5.74, 6) is 1.63. The maximum absolute atomic E-state index is 12.4. The van der Waals surface area contributed by atoms with Gasteiger partial charge >= 0.3 is 0 Å². The van der Waals surface area contributed by atoms with E-state index >= 15 is 0 Å². The van der Waals surface area contributed by atoms with E-state index in [0.29, 0.717) is 24.7 Å². The van der Waals surface area contributed by atoms with Crippen LogP contribution in [0, 0.1) is 0 Å². The quantitative estimate of drug-likeness (QED) is 0.728. The number of benzene rings is 1. The van der Waals surface area contributed by atoms with Gasteiger partial charge in [-0.2, -0.15) is 4.98 Å². The SMILES string of the molecule is COc1ccc(N2CC(c3nc(-c4cccnc4)no3)CC2=O)cc1. The summed E-state index contributed by atoms with van der Waals surface area (Å²) in [5.41, 5.74) is 1.62. The van der Waals surface area contributed by atoms with Crippen molar-refractivity contribution < 1.29 is 14.1 Å². The molecule has 126 valence electrons. The highest BCUT2D eigenvalue weighted by molar-refractivity contribution is 5.96. The first-order valence-electron chi connectivity index (χ1n) is 7.93. The highest BCUT2D eigenvalue weighted by Gasteiger charge is 2.35. The Hall–Kier alpha value is -3.22. The number of anilines is 1. The summed E-state index contributed by atoms with van der Waals surface area (Å²) in [5, 5.41) is 4.00. The van der Waals surface area contributed by atoms with Crippen LogP contribution in [0.25, 0.3) is 11.4 Å². The Morgan fingerprint density at radius 3 is 2.80 bits per heavy atom. The van der Waals surface area contributed by atoms with Crippen LogP contribution in [0.3, 0.4) is 0 Å². The van der Waals surface area contributed by atoms with Crippen LogP contribution < -0.4 is 9.64 Å². The first-order chi connectivity index (χ1) is 12.2. The zero-order valence-corrected chi connectivity index (χ0v) is 13.6. The first-order valence-corrected chi connectivity index (χ1v) is 7.93. The second kappa shape index (κ2) is 6.35. The molecule has 7 heteroatoms. The van der Waals surface area contributed by atoms with Gasteiger partial charge in [0.2, 0.25) is 17.6 Å². The lowest BCUT2D eigenvalue weighted by Gasteiger charge is -2.16. The van der Waals surface area contributed by atoms with E-state index in [1.807, 2.05) is 36.4 Å². The average molecular weight is 336 g/mol. The number of hydrogen-bond acceptors (Lipinski definition) is 6. The summed E-state index contributed by atoms with van der Waals surface area (Å²) in [7, 11) is 1.61. The molecule has 25 heavy (non-hydrogen) atoms. The molecule has 1 amide bonds. The summed E-state index contributed by atoms with van der Waals surface area (Å²) < 4.78 is 10.5. The fourth-order valence-corrected chi connectivity index (χ4v) is 2.90. The molecule has 0 N–H and O–H groups in total. The van der Waals surface area contributed by atoms with Crippen LogP contribution in [0.4, 0.5) is 5.69 Å². The summed E-state index contributed by atoms with van der Waals surface area (Å²) in [4.78, 5) is 22.6. The van der Waals surface area contributed by atoms with Gasteiger partial charge in [-0.1, -0.05) is 5.16 Å². The Balaban J connectivity index is 1.53. The summed E-state index contributed by atoms with van der Waals surface area (Å²) in [6.45, 7) is 0.514. The van der Waals surface area contributed by atoms with Crippen molar-refractivity contribution in [1.29, 1.82) is 0 Å². The molecule has 1 atom stereocenters. The van der Waals surface area contributed by atoms with Gasteiger partial charge in [-0.3, -0.25) is 9.78 Å². The third kappa shape index (κ3) is 2.96. The van der Waals surface area contributed by atoms with Crippen molar-refractivity contribution in [2.75, 3.05) is 18.6 Å². The minimum atomic E-state index is -0.118. The number of aromatic nitrogens is 3. The standard InChI is InChI=1S/C18H16N4O3/c1-24-15-6-4-14(5-7-15)22-11-13(9-16(22)23)18-20-17(21-25-18)12-3-2-8-19-10-12/h2-8,10,13H,9,11H2,1H3. The lowest BCUT2D eigenvalue weighted by molar-refractivity contribution is -0.117. The number of ether oxygens (including phenoxy) is 1. The van der Waals surface area contributed by atoms with Crippen LogP contribution in [0.2, 0.25) is 0 Å². The van der Waals surface area contributed by atoms with Crippen molar-refractivity contribution in [1.82, 2.24) is 15.1 Å². The normalized spacial score (nSPS) is 17.1. The van der Waals surface area contributed by atoms with Gasteiger partial charge in [0, 0.05) is 36.6 Å². The third-order valence-electron chi connectivity index (χ3n) is 4.22. The molecule has 0 aliphatic carbocycles. The molecule has 1 aliphatic heterocycles. The summed E-state index contributed by atoms with van der Waals surface area (Å²) >= 11 is 0. The second-order valence-electron chi connectivity index (χ2n) is 5.80. The lowest BCUT2D eigenvalue weighted by Crippen LogP contribution is -2.24. The zero-order chi connectivity index (χ0) is 17.2. The minimum Gasteiger partial charge on any atom is -0.497 e. The molecule has 1 aliphatic rings. The number of amides is 1. The fraction of sp³-hybridized carbons (Fsp3) is 0.222. The molecular formula is C18H16N4O3. The van der Waals surface area contributed by atoms with Gasteiger partial charge < -0.3 is 14.2 Å². The van der Waals surface area contributed by atoms with Crippen molar-refractivity contribution in [2.24, 2.45) is 0 Å². The Morgan fingerprint density at radius 2 is 2.08 bits per heavy atom. The molecule has 0 spiro atoms. The van der Waals surface area contributed by atoms with Gasteiger partial charge in [0.25, 0.3) is 0 Å². The van der Waals surface area contributed by atoms with Gasteiger partial charge in [-0.15, -0.1) is 0 Å². The highest BCUT2D eigenvalue weighted by Crippen LogP contribution is 2.32. The van der Waals surface area contributed by atoms with Crippen LogP contribution in [0.5, 0.6) is 5.75 Å². The van der Waals surface area contributed by atoms with Crippen molar-refractivity contribution >= 4 is 11.6 Å². The molecule has 1 unspecified atom stereocenters. The molecule has 1 aromatic carbocycles. The topological polar surface area (TPSA) is 81.3 Å². The Kier molecular flexibility index (Phi) is 3.89. The smallest absolute Gasteiger partial charge is 0.232 e. The predicted molar refractivity (Wildman–Crippen MR) is 90.2 cm³/mol. The van der Waals surface area contributed by atoms with E-state index < -0.39 is 0 Å². The number of carbonyl (C=O) groups is 1. The van der Waals surface area contributed by atoms with E-state index in [-0.39, 0.29) is 11.8 Å². The molecule has 1 fully saturated rings. The minimum absolute atomic E-state index is 0.0382. The molecule has 1 saturated heterocycles. The van der Waals surface area contributed by atoms with E-state index in [0.717, 1.165) is 17.0 Å². The average Bonchev–Trinajstić information content (AvgIpc) is 3.29. The third-order valence-corrected chi connectivity index (χ3v) is 4.22. The van der Waals surface area contributed by atoms with Gasteiger partial charge in [-0.05, 0) is 36.4 Å². The Labute approximate surface area is 144 Å². The van der Waals surface area contributed by atoms with Crippen LogP contribution in [-0.4, -0.2) is 34.7 Å². The molecule has 7 nitrogen and oxygen atoms in total. The van der Waals surface area contributed by atoms with E-state index in [2.05, 4.69) is 15.1 Å². The van der Waals surface area contributed by atoms with Crippen molar-refractivity contribution in [3.05, 3.63) is 54.7 Å². The van der Waals surface area contributed by atoms with Crippen LogP contribution >= 0.6 is 0 Å². The molecular weight excluding hydrogens is 320 g/mol. The van der Waals surface area contributed by atoms with Gasteiger partial charge in [0.05, 0.1) is 13.0 Å². The molecule has 3 heterocycles. The highest BCUT2D eigenvalue weighted by atomic mass is 16.5. The number of carbonyl (C=O) groups excluding carboxylic acids is 1. The Morgan fingerprint density at radius 1 is 1.24 bits per heavy atom. The number of hydrogen-bond donors (Lipinski definition) is 0. The number of methoxy groups -OCH3 is 1. The van der Waals surface area contributed by atoms with Crippen LogP contribution in [-0.2, 0) is 4.79 Å². The summed E-state index contributed by atoms with van der Waals surface area (Å²) in [6, 6.07) is 11.1. The number of pyridine rings is 1. The van der Waals surface area contributed by atoms with E-state index in [1.165, 1.54) is 0 Å². The molecule has 0 radical (unpaired) electrons. The summed E-state index contributed by atoms with van der Waals surface area (Å²) in [6.07, 6.45) is 3.71. The van der Waals surface area contributed by atoms with Crippen LogP contribution in [0.15, 0.2) is 53.3 Å². The second-order valence-corrected chi connectivity index (χ2v) is 5.80. The van der Waals surface area contributed by atoms with Gasteiger partial charge in [0.15, 0.2) is 0 Å². The first kappa shape index (κ1) is 15.3. The number of rotatable bonds is 4. The maximum atomic E-state index is 12.4. The van der Waals surface area contributed by atoms with Gasteiger partial charge in [-0.25, -0.2) is 0 Å². The molecule has 0 bridgehead atoms. The predicted octanol–water partition coefficient (Wildman–Crippen LogP) is 2.66. The van der Waals surface area contributed by atoms with E-state index in [1.54, 1.807) is 24.4 Å². The molecule has 2 aromatic heterocycles. The van der Waals surface area contributed by atoms with Crippen molar-refractivity contribution in [2.45, 2.75) is 12.3 Å². The van der Waals surface area contributed by atoms with E-state index in [9.17, 15) is 4.79 Å².